The Hall–Kier alpha value is -4.12. The van der Waals surface area contributed by atoms with Gasteiger partial charge in [0.2, 0.25) is 5.95 Å². The molecule has 1 aromatic heterocycles. The number of nitrogen functional groups attached to an aromatic ring is 1. The van der Waals surface area contributed by atoms with Crippen LogP contribution >= 0.6 is 0 Å². The van der Waals surface area contributed by atoms with Gasteiger partial charge in [0.15, 0.2) is 0 Å². The molecule has 2 unspecified atom stereocenters. The largest absolute Gasteiger partial charge is 0.383 e. The Morgan fingerprint density at radius 2 is 1.76 bits per heavy atom. The molecule has 5 rings (SSSR count). The Labute approximate surface area is 218 Å². The smallest absolute Gasteiger partial charge is 0.293 e. The second kappa shape index (κ2) is 9.64. The van der Waals surface area contributed by atoms with Gasteiger partial charge in [0, 0.05) is 66.1 Å². The van der Waals surface area contributed by atoms with Crippen molar-refractivity contribution in [2.45, 2.75) is 32.4 Å². The topological polar surface area (TPSA) is 118 Å². The van der Waals surface area contributed by atoms with Crippen LogP contribution in [-0.4, -0.2) is 59.5 Å². The number of hydrogen-bond acceptors (Lipinski definition) is 7. The molecular weight excluding hydrogens is 494 g/mol. The van der Waals surface area contributed by atoms with Crippen molar-refractivity contribution in [1.29, 1.82) is 0 Å². The van der Waals surface area contributed by atoms with E-state index in [1.54, 1.807) is 23.1 Å². The quantitative estimate of drug-likeness (QED) is 0.302. The summed E-state index contributed by atoms with van der Waals surface area (Å²) in [6.07, 6.45) is 0.613. The maximum absolute atomic E-state index is 15.6. The van der Waals surface area contributed by atoms with Gasteiger partial charge in [-0.1, -0.05) is 12.1 Å². The number of hydrogen-bond donors (Lipinski definition) is 2. The molecule has 3 heterocycles. The molecule has 11 heteroatoms. The molecule has 198 valence electrons. The van der Waals surface area contributed by atoms with E-state index in [2.05, 4.69) is 15.2 Å². The van der Waals surface area contributed by atoms with Gasteiger partial charge >= 0.3 is 0 Å². The fraction of sp³-hybridized carbons (Fsp3) is 0.333. The molecule has 0 spiro atoms. The third-order valence-corrected chi connectivity index (χ3v) is 7.60. The fourth-order valence-corrected chi connectivity index (χ4v) is 5.28. The van der Waals surface area contributed by atoms with Crippen LogP contribution in [0.5, 0.6) is 0 Å². The average Bonchev–Trinajstić information content (AvgIpc) is 2.87. The van der Waals surface area contributed by atoms with Gasteiger partial charge in [-0.15, -0.1) is 0 Å². The molecular formula is C27H28F2N6O3. The minimum Gasteiger partial charge on any atom is -0.383 e. The number of fused-ring (bicyclic) bond motifs is 1. The number of nitrogens with zero attached hydrogens (tertiary/aromatic N) is 4. The molecule has 2 aromatic carbocycles. The number of aromatic nitrogens is 1. The monoisotopic (exact) mass is 522 g/mol. The number of likely N-dealkylation sites (N-methyl/N-ethyl adjacent to an activating group) is 1. The van der Waals surface area contributed by atoms with Crippen molar-refractivity contribution in [3.63, 3.8) is 0 Å². The van der Waals surface area contributed by atoms with E-state index in [0.29, 0.717) is 42.7 Å². The second-order valence-electron chi connectivity index (χ2n) is 9.98. The molecule has 0 radical (unpaired) electrons. The van der Waals surface area contributed by atoms with E-state index < -0.39 is 16.7 Å². The first-order chi connectivity index (χ1) is 18.0. The van der Waals surface area contributed by atoms with Crippen LogP contribution in [-0.2, 0) is 6.42 Å². The van der Waals surface area contributed by atoms with Crippen molar-refractivity contribution in [2.75, 3.05) is 37.3 Å². The molecule has 3 N–H and O–H groups in total. The number of nitrogens with one attached hydrogen (secondary N) is 1. The van der Waals surface area contributed by atoms with Gasteiger partial charge in [0.25, 0.3) is 11.6 Å². The number of piperazine rings is 1. The number of nitro benzene ring substituents is 1. The van der Waals surface area contributed by atoms with Crippen LogP contribution in [0.15, 0.2) is 36.4 Å². The summed E-state index contributed by atoms with van der Waals surface area (Å²) in [6.45, 7) is 5.47. The summed E-state index contributed by atoms with van der Waals surface area (Å²) in [5, 5.41) is 14.8. The lowest BCUT2D eigenvalue weighted by atomic mass is 9.93. The molecule has 2 atom stereocenters. The average molecular weight is 523 g/mol. The highest BCUT2D eigenvalue weighted by atomic mass is 19.1. The lowest BCUT2D eigenvalue weighted by molar-refractivity contribution is -0.384. The summed E-state index contributed by atoms with van der Waals surface area (Å²) in [5.41, 5.74) is 7.62. The minimum atomic E-state index is -1.04. The van der Waals surface area contributed by atoms with E-state index in [9.17, 15) is 14.9 Å². The Balaban J connectivity index is 1.60. The van der Waals surface area contributed by atoms with Crippen LogP contribution < -0.4 is 16.0 Å². The van der Waals surface area contributed by atoms with Crippen molar-refractivity contribution in [3.05, 3.63) is 69.4 Å². The molecule has 2 aliphatic rings. The third kappa shape index (κ3) is 4.43. The van der Waals surface area contributed by atoms with Gasteiger partial charge in [-0.25, -0.2) is 9.37 Å². The molecule has 1 fully saturated rings. The van der Waals surface area contributed by atoms with E-state index in [4.69, 9.17) is 5.73 Å². The first-order valence-corrected chi connectivity index (χ1v) is 12.4. The normalized spacial score (nSPS) is 19.7. The number of anilines is 2. The Kier molecular flexibility index (Phi) is 6.47. The predicted molar refractivity (Wildman–Crippen MR) is 141 cm³/mol. The van der Waals surface area contributed by atoms with Gasteiger partial charge in [-0.2, -0.15) is 4.39 Å². The van der Waals surface area contributed by atoms with E-state index in [0.717, 1.165) is 17.7 Å². The summed E-state index contributed by atoms with van der Waals surface area (Å²) >= 11 is 0. The van der Waals surface area contributed by atoms with Gasteiger partial charge in [0.1, 0.15) is 17.3 Å². The zero-order valence-electron chi connectivity index (χ0n) is 21.3. The molecule has 9 nitrogen and oxygen atoms in total. The van der Waals surface area contributed by atoms with Crippen molar-refractivity contribution >= 4 is 23.1 Å². The molecule has 3 aromatic rings. The lowest BCUT2D eigenvalue weighted by Crippen LogP contribution is -2.55. The summed E-state index contributed by atoms with van der Waals surface area (Å²) in [4.78, 5) is 31.3. The maximum atomic E-state index is 15.6. The van der Waals surface area contributed by atoms with Crippen LogP contribution in [0, 0.1) is 21.9 Å². The molecule has 0 bridgehead atoms. The highest BCUT2D eigenvalue weighted by Gasteiger charge is 2.32. The highest BCUT2D eigenvalue weighted by molar-refractivity contribution is 5.97. The Bertz CT molecular complexity index is 1450. The minimum absolute atomic E-state index is 0.102. The summed E-state index contributed by atoms with van der Waals surface area (Å²) < 4.78 is 30.6. The number of pyridine rings is 1. The van der Waals surface area contributed by atoms with Crippen LogP contribution in [0.1, 0.15) is 29.8 Å². The van der Waals surface area contributed by atoms with Crippen molar-refractivity contribution < 1.29 is 18.5 Å². The van der Waals surface area contributed by atoms with Gasteiger partial charge in [-0.05, 0) is 50.6 Å². The molecule has 1 saturated heterocycles. The molecule has 0 aliphatic carbocycles. The maximum Gasteiger partial charge on any atom is 0.293 e. The van der Waals surface area contributed by atoms with Crippen LogP contribution in [0.4, 0.5) is 26.0 Å². The van der Waals surface area contributed by atoms with Gasteiger partial charge < -0.3 is 16.0 Å². The number of carbonyl (C=O) groups excluding carboxylic acids is 1. The first-order valence-electron chi connectivity index (χ1n) is 12.4. The summed E-state index contributed by atoms with van der Waals surface area (Å²) in [7, 11) is 1.98. The predicted octanol–water partition coefficient (Wildman–Crippen LogP) is 4.00. The van der Waals surface area contributed by atoms with Crippen molar-refractivity contribution in [2.24, 2.45) is 0 Å². The number of rotatable bonds is 4. The molecule has 2 aliphatic heterocycles. The molecule has 1 amide bonds. The number of nitro groups is 1. The van der Waals surface area contributed by atoms with E-state index in [-0.39, 0.29) is 46.3 Å². The number of carbonyl (C=O) groups is 1. The number of amides is 1. The fourth-order valence-electron chi connectivity index (χ4n) is 5.28. The van der Waals surface area contributed by atoms with Crippen LogP contribution in [0.2, 0.25) is 0 Å². The number of halogens is 2. The lowest BCUT2D eigenvalue weighted by Gasteiger charge is -2.43. The zero-order valence-corrected chi connectivity index (χ0v) is 21.3. The summed E-state index contributed by atoms with van der Waals surface area (Å²) in [6, 6.07) is 8.82. The molecule has 38 heavy (non-hydrogen) atoms. The van der Waals surface area contributed by atoms with E-state index in [1.807, 2.05) is 20.9 Å². The van der Waals surface area contributed by atoms with Gasteiger partial charge in [-0.3, -0.25) is 19.8 Å². The van der Waals surface area contributed by atoms with Crippen LogP contribution in [0.3, 0.4) is 0 Å². The standard InChI is InChI=1S/C27H28F2N6O3/c1-14-12-34(13-15(2)33(14)3)23-11-22(28)20(10-24(23)35(37)38)21-9-19(26(30)32-25(21)29)16-4-5-18-17(8-16)6-7-31-27(18)36/h4-5,8-11,14-15H,6-7,12-13H2,1-3H3,(H2,30,32)(H,31,36). The Morgan fingerprint density at radius 3 is 2.45 bits per heavy atom. The number of benzene rings is 2. The first kappa shape index (κ1) is 25.5. The Morgan fingerprint density at radius 1 is 1.05 bits per heavy atom. The third-order valence-electron chi connectivity index (χ3n) is 7.60. The SMILES string of the molecule is CC1CN(c2cc(F)c(-c3cc(-c4ccc5c(c4)CCNC5=O)c(N)nc3F)cc2[N+](=O)[O-])CC(C)N1C. The highest BCUT2D eigenvalue weighted by Crippen LogP contribution is 2.39. The van der Waals surface area contributed by atoms with Crippen molar-refractivity contribution in [3.8, 4) is 22.3 Å². The molecule has 0 saturated carbocycles. The summed E-state index contributed by atoms with van der Waals surface area (Å²) in [5.74, 6) is -2.13. The van der Waals surface area contributed by atoms with Crippen LogP contribution in [0.25, 0.3) is 22.3 Å². The van der Waals surface area contributed by atoms with Gasteiger partial charge in [0.05, 0.1) is 4.92 Å². The van der Waals surface area contributed by atoms with E-state index in [1.165, 1.54) is 6.07 Å². The second-order valence-corrected chi connectivity index (χ2v) is 9.98. The zero-order chi connectivity index (χ0) is 27.3. The van der Waals surface area contributed by atoms with E-state index >= 15 is 8.78 Å². The van der Waals surface area contributed by atoms with Crippen molar-refractivity contribution in [1.82, 2.24) is 15.2 Å². The number of nitrogens with two attached hydrogens (primary N) is 1.